The minimum absolute atomic E-state index is 0.247. The molecule has 0 N–H and O–H groups in total. The van der Waals surface area contributed by atoms with Crippen molar-refractivity contribution in [3.63, 3.8) is 0 Å². The lowest BCUT2D eigenvalue weighted by atomic mass is 10.1. The number of ether oxygens (including phenoxy) is 2. The molecule has 1 heterocycles. The van der Waals surface area contributed by atoms with Crippen LogP contribution in [-0.4, -0.2) is 50.3 Å². The molecule has 1 aromatic rings. The van der Waals surface area contributed by atoms with E-state index in [-0.39, 0.29) is 5.97 Å². The van der Waals surface area contributed by atoms with Crippen LogP contribution in [0.2, 0.25) is 0 Å². The molecule has 4 nitrogen and oxygen atoms in total. The van der Waals surface area contributed by atoms with Gasteiger partial charge in [-0.25, -0.2) is 4.79 Å². The average Bonchev–Trinajstić information content (AvgIpc) is 2.40. The number of carbonyl (C=O) groups is 1. The molecule has 0 amide bonds. The predicted octanol–water partition coefficient (Wildman–Crippen LogP) is 1.48. The van der Waals surface area contributed by atoms with Crippen molar-refractivity contribution in [3.05, 3.63) is 35.4 Å². The normalized spacial score (nSPS) is 16.5. The molecule has 1 aromatic carbocycles. The molecule has 0 bridgehead atoms. The Morgan fingerprint density at radius 2 is 1.94 bits per heavy atom. The maximum Gasteiger partial charge on any atom is 0.338 e. The number of aryl methyl sites for hydroxylation is 1. The van der Waals surface area contributed by atoms with Crippen LogP contribution in [0.3, 0.4) is 0 Å². The Morgan fingerprint density at radius 3 is 2.61 bits per heavy atom. The largest absolute Gasteiger partial charge is 0.461 e. The zero-order valence-electron chi connectivity index (χ0n) is 10.7. The first-order chi connectivity index (χ1) is 8.75. The molecule has 1 aliphatic rings. The number of hydrogen-bond acceptors (Lipinski definition) is 4. The molecule has 0 aromatic heterocycles. The van der Waals surface area contributed by atoms with Crippen LogP contribution in [0.25, 0.3) is 0 Å². The van der Waals surface area contributed by atoms with E-state index >= 15 is 0 Å². The fraction of sp³-hybridized carbons (Fsp3) is 0.500. The second-order valence-electron chi connectivity index (χ2n) is 4.46. The monoisotopic (exact) mass is 249 g/mol. The molecular weight excluding hydrogens is 230 g/mol. The van der Waals surface area contributed by atoms with Gasteiger partial charge in [-0.1, -0.05) is 17.7 Å². The van der Waals surface area contributed by atoms with Gasteiger partial charge in [0, 0.05) is 19.6 Å². The first-order valence-electron chi connectivity index (χ1n) is 6.29. The summed E-state index contributed by atoms with van der Waals surface area (Å²) in [5.41, 5.74) is 1.75. The predicted molar refractivity (Wildman–Crippen MR) is 68.7 cm³/mol. The summed E-state index contributed by atoms with van der Waals surface area (Å²) < 4.78 is 10.5. The quantitative estimate of drug-likeness (QED) is 0.758. The number of carbonyl (C=O) groups excluding carboxylic acids is 1. The Labute approximate surface area is 107 Å². The highest BCUT2D eigenvalue weighted by atomic mass is 16.5. The number of benzene rings is 1. The van der Waals surface area contributed by atoms with Crippen LogP contribution in [-0.2, 0) is 9.47 Å². The van der Waals surface area contributed by atoms with Crippen LogP contribution in [0.4, 0.5) is 0 Å². The molecule has 0 aliphatic carbocycles. The van der Waals surface area contributed by atoms with Crippen LogP contribution in [0.5, 0.6) is 0 Å². The molecule has 1 saturated heterocycles. The van der Waals surface area contributed by atoms with Crippen molar-refractivity contribution in [1.29, 1.82) is 0 Å². The zero-order valence-corrected chi connectivity index (χ0v) is 10.7. The summed E-state index contributed by atoms with van der Waals surface area (Å²) in [4.78, 5) is 14.0. The molecule has 1 fully saturated rings. The SMILES string of the molecule is Cc1ccc(C(=O)OCCN2CCOCC2)cc1. The van der Waals surface area contributed by atoms with Gasteiger partial charge in [0.2, 0.25) is 0 Å². The van der Waals surface area contributed by atoms with Crippen molar-refractivity contribution in [2.45, 2.75) is 6.92 Å². The van der Waals surface area contributed by atoms with E-state index < -0.39 is 0 Å². The summed E-state index contributed by atoms with van der Waals surface area (Å²) in [5.74, 6) is -0.247. The van der Waals surface area contributed by atoms with Gasteiger partial charge in [-0.05, 0) is 19.1 Å². The van der Waals surface area contributed by atoms with Gasteiger partial charge in [0.05, 0.1) is 18.8 Å². The third-order valence-electron chi connectivity index (χ3n) is 3.03. The number of esters is 1. The minimum atomic E-state index is -0.247. The minimum Gasteiger partial charge on any atom is -0.461 e. The third kappa shape index (κ3) is 3.82. The number of hydrogen-bond donors (Lipinski definition) is 0. The molecule has 0 unspecified atom stereocenters. The highest BCUT2D eigenvalue weighted by molar-refractivity contribution is 5.89. The Morgan fingerprint density at radius 1 is 1.28 bits per heavy atom. The Balaban J connectivity index is 1.72. The van der Waals surface area contributed by atoms with Crippen LogP contribution < -0.4 is 0 Å². The molecule has 18 heavy (non-hydrogen) atoms. The van der Waals surface area contributed by atoms with E-state index in [2.05, 4.69) is 4.90 Å². The molecular formula is C14H19NO3. The van der Waals surface area contributed by atoms with Crippen molar-refractivity contribution in [1.82, 2.24) is 4.90 Å². The molecule has 98 valence electrons. The molecule has 0 saturated carbocycles. The van der Waals surface area contributed by atoms with Crippen molar-refractivity contribution in [3.8, 4) is 0 Å². The number of rotatable bonds is 4. The highest BCUT2D eigenvalue weighted by Crippen LogP contribution is 2.05. The molecule has 0 radical (unpaired) electrons. The molecule has 4 heteroatoms. The lowest BCUT2D eigenvalue weighted by Gasteiger charge is -2.26. The highest BCUT2D eigenvalue weighted by Gasteiger charge is 2.11. The third-order valence-corrected chi connectivity index (χ3v) is 3.03. The van der Waals surface area contributed by atoms with E-state index in [1.165, 1.54) is 0 Å². The van der Waals surface area contributed by atoms with Crippen molar-refractivity contribution < 1.29 is 14.3 Å². The van der Waals surface area contributed by atoms with E-state index in [1.807, 2.05) is 19.1 Å². The van der Waals surface area contributed by atoms with Crippen molar-refractivity contribution in [2.24, 2.45) is 0 Å². The number of nitrogens with zero attached hydrogens (tertiary/aromatic N) is 1. The average molecular weight is 249 g/mol. The van der Waals surface area contributed by atoms with Crippen molar-refractivity contribution >= 4 is 5.97 Å². The second kappa shape index (κ2) is 6.52. The standard InChI is InChI=1S/C14H19NO3/c1-12-2-4-13(5-3-12)14(16)18-11-8-15-6-9-17-10-7-15/h2-5H,6-11H2,1H3. The van der Waals surface area contributed by atoms with Gasteiger partial charge < -0.3 is 9.47 Å². The summed E-state index contributed by atoms with van der Waals surface area (Å²) in [6, 6.07) is 7.43. The van der Waals surface area contributed by atoms with Gasteiger partial charge in [-0.3, -0.25) is 4.90 Å². The van der Waals surface area contributed by atoms with E-state index in [0.29, 0.717) is 12.2 Å². The van der Waals surface area contributed by atoms with E-state index in [9.17, 15) is 4.79 Å². The second-order valence-corrected chi connectivity index (χ2v) is 4.46. The van der Waals surface area contributed by atoms with Crippen molar-refractivity contribution in [2.75, 3.05) is 39.5 Å². The number of morpholine rings is 1. The van der Waals surface area contributed by atoms with Gasteiger partial charge in [0.15, 0.2) is 0 Å². The zero-order chi connectivity index (χ0) is 12.8. The van der Waals surface area contributed by atoms with E-state index in [4.69, 9.17) is 9.47 Å². The van der Waals surface area contributed by atoms with E-state index in [0.717, 1.165) is 38.4 Å². The van der Waals surface area contributed by atoms with Gasteiger partial charge in [-0.2, -0.15) is 0 Å². The molecule has 2 rings (SSSR count). The smallest absolute Gasteiger partial charge is 0.338 e. The maximum atomic E-state index is 11.7. The summed E-state index contributed by atoms with van der Waals surface area (Å²) in [6.07, 6.45) is 0. The van der Waals surface area contributed by atoms with Gasteiger partial charge in [0.25, 0.3) is 0 Å². The molecule has 0 atom stereocenters. The fourth-order valence-corrected chi connectivity index (χ4v) is 1.87. The maximum absolute atomic E-state index is 11.7. The molecule has 1 aliphatic heterocycles. The summed E-state index contributed by atoms with van der Waals surface area (Å²) >= 11 is 0. The first-order valence-corrected chi connectivity index (χ1v) is 6.29. The topological polar surface area (TPSA) is 38.8 Å². The van der Waals surface area contributed by atoms with Crippen LogP contribution in [0, 0.1) is 6.92 Å². The fourth-order valence-electron chi connectivity index (χ4n) is 1.87. The summed E-state index contributed by atoms with van der Waals surface area (Å²) in [6.45, 7) is 6.59. The summed E-state index contributed by atoms with van der Waals surface area (Å²) in [7, 11) is 0. The van der Waals surface area contributed by atoms with Crippen LogP contribution in [0.15, 0.2) is 24.3 Å². The van der Waals surface area contributed by atoms with E-state index in [1.54, 1.807) is 12.1 Å². The lowest BCUT2D eigenvalue weighted by molar-refractivity contribution is 0.0195. The Bertz CT molecular complexity index is 383. The first kappa shape index (κ1) is 13.1. The van der Waals surface area contributed by atoms with Crippen LogP contribution in [0.1, 0.15) is 15.9 Å². The summed E-state index contributed by atoms with van der Waals surface area (Å²) in [5, 5.41) is 0. The van der Waals surface area contributed by atoms with Gasteiger partial charge >= 0.3 is 5.97 Å². The Hall–Kier alpha value is -1.39. The Kier molecular flexibility index (Phi) is 4.73. The molecule has 0 spiro atoms. The van der Waals surface area contributed by atoms with Gasteiger partial charge in [0.1, 0.15) is 6.61 Å². The lowest BCUT2D eigenvalue weighted by Crippen LogP contribution is -2.38. The van der Waals surface area contributed by atoms with Gasteiger partial charge in [-0.15, -0.1) is 0 Å². The van der Waals surface area contributed by atoms with Crippen LogP contribution >= 0.6 is 0 Å².